The van der Waals surface area contributed by atoms with E-state index in [0.717, 1.165) is 17.0 Å². The molecule has 0 radical (unpaired) electrons. The third-order valence-corrected chi connectivity index (χ3v) is 2.97. The zero-order valence-electron chi connectivity index (χ0n) is 11.5. The summed E-state index contributed by atoms with van der Waals surface area (Å²) in [4.78, 5) is 11.9. The van der Waals surface area contributed by atoms with Gasteiger partial charge in [0.1, 0.15) is 5.75 Å². The molecule has 0 aliphatic carbocycles. The molecule has 0 saturated carbocycles. The summed E-state index contributed by atoms with van der Waals surface area (Å²) in [7, 11) is 3.00. The van der Waals surface area contributed by atoms with Gasteiger partial charge in [-0.3, -0.25) is 0 Å². The summed E-state index contributed by atoms with van der Waals surface area (Å²) < 4.78 is 9.97. The minimum atomic E-state index is -0.533. The van der Waals surface area contributed by atoms with E-state index in [1.165, 1.54) is 7.11 Å². The van der Waals surface area contributed by atoms with Gasteiger partial charge >= 0.3 is 5.97 Å². The molecule has 1 atom stereocenters. The summed E-state index contributed by atoms with van der Waals surface area (Å²) in [6.45, 7) is 0. The standard InChI is InChI=1S/C16H17NO3/c1-19-14-10-8-13(9-11-14)17-15(16(18)20-2)12-6-4-3-5-7-12/h3-11,15,17H,1-2H3/t15-/m1/s1. The van der Waals surface area contributed by atoms with Crippen molar-refractivity contribution in [3.8, 4) is 5.75 Å². The molecule has 1 N–H and O–H groups in total. The van der Waals surface area contributed by atoms with E-state index in [4.69, 9.17) is 9.47 Å². The number of benzene rings is 2. The Bertz CT molecular complexity index is 552. The van der Waals surface area contributed by atoms with Gasteiger partial charge < -0.3 is 14.8 Å². The summed E-state index contributed by atoms with van der Waals surface area (Å²) in [5.41, 5.74) is 1.68. The van der Waals surface area contributed by atoms with Crippen molar-refractivity contribution in [2.75, 3.05) is 19.5 Å². The fraction of sp³-hybridized carbons (Fsp3) is 0.188. The highest BCUT2D eigenvalue weighted by atomic mass is 16.5. The molecule has 0 bridgehead atoms. The number of carbonyl (C=O) groups is 1. The normalized spacial score (nSPS) is 11.5. The van der Waals surface area contributed by atoms with E-state index in [9.17, 15) is 4.79 Å². The van der Waals surface area contributed by atoms with E-state index in [0.29, 0.717) is 0 Å². The second kappa shape index (κ2) is 6.61. The first-order chi connectivity index (χ1) is 9.74. The Morgan fingerprint density at radius 3 is 2.20 bits per heavy atom. The van der Waals surface area contributed by atoms with E-state index < -0.39 is 6.04 Å². The highest BCUT2D eigenvalue weighted by molar-refractivity contribution is 5.81. The van der Waals surface area contributed by atoms with Crippen LogP contribution in [0.3, 0.4) is 0 Å². The molecule has 4 nitrogen and oxygen atoms in total. The minimum absolute atomic E-state index is 0.327. The third-order valence-electron chi connectivity index (χ3n) is 2.97. The second-order valence-corrected chi connectivity index (χ2v) is 4.24. The highest BCUT2D eigenvalue weighted by Gasteiger charge is 2.20. The summed E-state index contributed by atoms with van der Waals surface area (Å²) in [5, 5.41) is 3.17. The van der Waals surface area contributed by atoms with E-state index in [1.807, 2.05) is 54.6 Å². The van der Waals surface area contributed by atoms with Crippen LogP contribution in [0.2, 0.25) is 0 Å². The maximum atomic E-state index is 11.9. The van der Waals surface area contributed by atoms with Crippen LogP contribution < -0.4 is 10.1 Å². The Morgan fingerprint density at radius 1 is 1.00 bits per heavy atom. The lowest BCUT2D eigenvalue weighted by Gasteiger charge is -2.18. The third kappa shape index (κ3) is 3.29. The van der Waals surface area contributed by atoms with Gasteiger partial charge in [-0.1, -0.05) is 30.3 Å². The Balaban J connectivity index is 2.21. The summed E-state index contributed by atoms with van der Waals surface area (Å²) >= 11 is 0. The molecule has 0 aliphatic rings. The fourth-order valence-electron chi connectivity index (χ4n) is 1.90. The molecule has 0 unspecified atom stereocenters. The first-order valence-corrected chi connectivity index (χ1v) is 6.28. The number of carbonyl (C=O) groups excluding carboxylic acids is 1. The van der Waals surface area contributed by atoms with Crippen molar-refractivity contribution in [3.05, 3.63) is 60.2 Å². The maximum absolute atomic E-state index is 11.9. The van der Waals surface area contributed by atoms with Crippen molar-refractivity contribution in [1.82, 2.24) is 0 Å². The molecule has 2 aromatic rings. The fourth-order valence-corrected chi connectivity index (χ4v) is 1.90. The molecule has 104 valence electrons. The van der Waals surface area contributed by atoms with Gasteiger partial charge in [-0.05, 0) is 29.8 Å². The maximum Gasteiger partial charge on any atom is 0.332 e. The van der Waals surface area contributed by atoms with Gasteiger partial charge in [0.05, 0.1) is 14.2 Å². The van der Waals surface area contributed by atoms with Crippen molar-refractivity contribution < 1.29 is 14.3 Å². The number of nitrogens with one attached hydrogen (secondary N) is 1. The predicted molar refractivity (Wildman–Crippen MR) is 77.8 cm³/mol. The summed E-state index contributed by atoms with van der Waals surface area (Å²) in [5.74, 6) is 0.442. The quantitative estimate of drug-likeness (QED) is 0.849. The van der Waals surface area contributed by atoms with Crippen LogP contribution in [0.15, 0.2) is 54.6 Å². The van der Waals surface area contributed by atoms with E-state index in [1.54, 1.807) is 7.11 Å². The lowest BCUT2D eigenvalue weighted by atomic mass is 10.1. The monoisotopic (exact) mass is 271 g/mol. The second-order valence-electron chi connectivity index (χ2n) is 4.24. The van der Waals surface area contributed by atoms with Gasteiger partial charge in [0.15, 0.2) is 6.04 Å². The van der Waals surface area contributed by atoms with Crippen molar-refractivity contribution >= 4 is 11.7 Å². The van der Waals surface area contributed by atoms with Gasteiger partial charge in [-0.25, -0.2) is 4.79 Å². The molecule has 0 fully saturated rings. The average Bonchev–Trinajstić information content (AvgIpc) is 2.53. The first-order valence-electron chi connectivity index (χ1n) is 6.28. The lowest BCUT2D eigenvalue weighted by Crippen LogP contribution is -2.22. The number of anilines is 1. The van der Waals surface area contributed by atoms with Gasteiger partial charge in [-0.15, -0.1) is 0 Å². The number of hydrogen-bond donors (Lipinski definition) is 1. The molecule has 20 heavy (non-hydrogen) atoms. The molecule has 4 heteroatoms. The summed E-state index contributed by atoms with van der Waals surface area (Å²) in [6, 6.07) is 16.3. The number of rotatable bonds is 5. The van der Waals surface area contributed by atoms with E-state index in [-0.39, 0.29) is 5.97 Å². The Kier molecular flexibility index (Phi) is 4.60. The minimum Gasteiger partial charge on any atom is -0.497 e. The van der Waals surface area contributed by atoms with Crippen LogP contribution in [0.1, 0.15) is 11.6 Å². The number of methoxy groups -OCH3 is 2. The largest absolute Gasteiger partial charge is 0.497 e. The Morgan fingerprint density at radius 2 is 1.65 bits per heavy atom. The van der Waals surface area contributed by atoms with Gasteiger partial charge in [0.2, 0.25) is 0 Å². The van der Waals surface area contributed by atoms with E-state index >= 15 is 0 Å². The molecule has 0 aromatic heterocycles. The van der Waals surface area contributed by atoms with Crippen LogP contribution in [0.25, 0.3) is 0 Å². The van der Waals surface area contributed by atoms with Crippen LogP contribution in [0.5, 0.6) is 5.75 Å². The number of hydrogen-bond acceptors (Lipinski definition) is 4. The molecular weight excluding hydrogens is 254 g/mol. The molecule has 0 heterocycles. The topological polar surface area (TPSA) is 47.6 Å². The van der Waals surface area contributed by atoms with Crippen LogP contribution in [0, 0.1) is 0 Å². The van der Waals surface area contributed by atoms with Gasteiger partial charge in [0, 0.05) is 5.69 Å². The van der Waals surface area contributed by atoms with Crippen LogP contribution in [-0.2, 0) is 9.53 Å². The first kappa shape index (κ1) is 13.9. The Hall–Kier alpha value is -2.49. The zero-order valence-corrected chi connectivity index (χ0v) is 11.5. The smallest absolute Gasteiger partial charge is 0.332 e. The summed E-state index contributed by atoms with van der Waals surface area (Å²) in [6.07, 6.45) is 0. The van der Waals surface area contributed by atoms with Crippen molar-refractivity contribution in [2.45, 2.75) is 6.04 Å². The molecular formula is C16H17NO3. The predicted octanol–water partition coefficient (Wildman–Crippen LogP) is 3.02. The highest BCUT2D eigenvalue weighted by Crippen LogP contribution is 2.22. The SMILES string of the molecule is COC(=O)[C@H](Nc1ccc(OC)cc1)c1ccccc1. The van der Waals surface area contributed by atoms with Crippen molar-refractivity contribution in [1.29, 1.82) is 0 Å². The lowest BCUT2D eigenvalue weighted by molar-refractivity contribution is -0.141. The molecule has 2 aromatic carbocycles. The van der Waals surface area contributed by atoms with E-state index in [2.05, 4.69) is 5.32 Å². The number of esters is 1. The molecule has 0 aliphatic heterocycles. The molecule has 0 amide bonds. The number of ether oxygens (including phenoxy) is 2. The van der Waals surface area contributed by atoms with Crippen LogP contribution in [0.4, 0.5) is 5.69 Å². The van der Waals surface area contributed by atoms with Gasteiger partial charge in [0.25, 0.3) is 0 Å². The average molecular weight is 271 g/mol. The van der Waals surface area contributed by atoms with Gasteiger partial charge in [-0.2, -0.15) is 0 Å². The van der Waals surface area contributed by atoms with Crippen LogP contribution in [-0.4, -0.2) is 20.2 Å². The van der Waals surface area contributed by atoms with Crippen molar-refractivity contribution in [3.63, 3.8) is 0 Å². The molecule has 0 spiro atoms. The molecule has 0 saturated heterocycles. The van der Waals surface area contributed by atoms with Crippen LogP contribution >= 0.6 is 0 Å². The molecule has 2 rings (SSSR count). The Labute approximate surface area is 118 Å². The zero-order chi connectivity index (χ0) is 14.4. The van der Waals surface area contributed by atoms with Crippen molar-refractivity contribution in [2.24, 2.45) is 0 Å².